The quantitative estimate of drug-likeness (QED) is 0.297. The first-order chi connectivity index (χ1) is 17.5. The van der Waals surface area contributed by atoms with Gasteiger partial charge in [0, 0.05) is 30.1 Å². The van der Waals surface area contributed by atoms with Gasteiger partial charge < -0.3 is 15.0 Å². The number of carbonyl (C=O) groups excluding carboxylic acids is 1. The lowest BCUT2D eigenvalue weighted by molar-refractivity contribution is -0.387. The molecule has 0 atom stereocenters. The average Bonchev–Trinajstić information content (AvgIpc) is 3.30. The summed E-state index contributed by atoms with van der Waals surface area (Å²) in [6.45, 7) is 0.443. The van der Waals surface area contributed by atoms with E-state index in [1.54, 1.807) is 18.3 Å². The van der Waals surface area contributed by atoms with Gasteiger partial charge in [0.25, 0.3) is 0 Å². The molecular weight excluding hydrogens is 467 g/mol. The van der Waals surface area contributed by atoms with Crippen LogP contribution in [0.5, 0.6) is 5.75 Å². The standard InChI is InChI=1S/C25H19FN6O4/c1-36-22-12-18(26)21(32(34)35)13-19(22)28-25-27-10-9-23(29-25)31-14-17(16-6-3-2-4-7-16)24-20(31)8-5-11-30(24)15-33/h2-13,15H,14H2,1H3,(H,27,28,29). The van der Waals surface area contributed by atoms with E-state index in [1.807, 2.05) is 41.3 Å². The number of benzene rings is 2. The summed E-state index contributed by atoms with van der Waals surface area (Å²) >= 11 is 0. The van der Waals surface area contributed by atoms with E-state index < -0.39 is 16.4 Å². The lowest BCUT2D eigenvalue weighted by Crippen LogP contribution is -2.25. The van der Waals surface area contributed by atoms with Crippen LogP contribution in [-0.2, 0) is 4.79 Å². The molecule has 0 unspecified atom stereocenters. The monoisotopic (exact) mass is 486 g/mol. The first-order valence-corrected chi connectivity index (χ1v) is 10.8. The van der Waals surface area contributed by atoms with E-state index >= 15 is 0 Å². The average molecular weight is 486 g/mol. The Balaban J connectivity index is 1.51. The van der Waals surface area contributed by atoms with Crippen LogP contribution in [0, 0.1) is 15.9 Å². The fourth-order valence-corrected chi connectivity index (χ4v) is 4.15. The molecule has 5 rings (SSSR count). The Morgan fingerprint density at radius 3 is 2.75 bits per heavy atom. The minimum absolute atomic E-state index is 0.0605. The zero-order chi connectivity index (χ0) is 25.2. The van der Waals surface area contributed by atoms with Crippen molar-refractivity contribution in [1.82, 2.24) is 14.9 Å². The van der Waals surface area contributed by atoms with Gasteiger partial charge in [-0.15, -0.1) is 0 Å². The number of hydrogen-bond donors (Lipinski definition) is 1. The van der Waals surface area contributed by atoms with E-state index in [4.69, 9.17) is 4.74 Å². The van der Waals surface area contributed by atoms with Crippen molar-refractivity contribution in [2.45, 2.75) is 0 Å². The van der Waals surface area contributed by atoms with Crippen molar-refractivity contribution in [1.29, 1.82) is 0 Å². The molecule has 0 saturated heterocycles. The third kappa shape index (κ3) is 4.02. The largest absolute Gasteiger partial charge is 0.494 e. The van der Waals surface area contributed by atoms with E-state index in [2.05, 4.69) is 15.3 Å². The van der Waals surface area contributed by atoms with Crippen molar-refractivity contribution in [3.63, 3.8) is 0 Å². The normalized spacial score (nSPS) is 14.4. The molecule has 0 radical (unpaired) electrons. The first kappa shape index (κ1) is 22.7. The number of methoxy groups -OCH3 is 1. The van der Waals surface area contributed by atoms with Crippen LogP contribution in [-0.4, -0.2) is 39.9 Å². The van der Waals surface area contributed by atoms with Crippen molar-refractivity contribution in [2.75, 3.05) is 23.9 Å². The van der Waals surface area contributed by atoms with Crippen LogP contribution in [0.2, 0.25) is 0 Å². The number of nitro groups is 1. The highest BCUT2D eigenvalue weighted by Gasteiger charge is 2.33. The Labute approximate surface area is 204 Å². The molecule has 36 heavy (non-hydrogen) atoms. The molecule has 0 bridgehead atoms. The van der Waals surface area contributed by atoms with Crippen molar-refractivity contribution in [3.05, 3.63) is 106 Å². The van der Waals surface area contributed by atoms with Crippen LogP contribution < -0.4 is 15.0 Å². The Hall–Kier alpha value is -5.06. The van der Waals surface area contributed by atoms with Gasteiger partial charge in [0.15, 0.2) is 0 Å². The van der Waals surface area contributed by atoms with Crippen molar-refractivity contribution in [2.24, 2.45) is 0 Å². The van der Waals surface area contributed by atoms with Gasteiger partial charge in [-0.05, 0) is 23.8 Å². The first-order valence-electron chi connectivity index (χ1n) is 10.8. The number of rotatable bonds is 7. The van der Waals surface area contributed by atoms with Crippen molar-refractivity contribution >= 4 is 35.1 Å². The number of nitro benzene ring substituents is 1. The van der Waals surface area contributed by atoms with E-state index in [-0.39, 0.29) is 17.4 Å². The zero-order valence-electron chi connectivity index (χ0n) is 19.0. The van der Waals surface area contributed by atoms with Crippen LogP contribution in [0.1, 0.15) is 5.56 Å². The number of nitrogens with zero attached hydrogens (tertiary/aromatic N) is 5. The second kappa shape index (κ2) is 9.29. The summed E-state index contributed by atoms with van der Waals surface area (Å²) in [7, 11) is 1.33. The summed E-state index contributed by atoms with van der Waals surface area (Å²) in [5.74, 6) is -0.303. The number of halogens is 1. The SMILES string of the molecule is COc1cc(F)c([N+](=O)[O-])cc1Nc1nccc(N2CC(c3ccccc3)=C3C2=CC=CN3C=O)n1. The summed E-state index contributed by atoms with van der Waals surface area (Å²) in [4.78, 5) is 34.5. The predicted molar refractivity (Wildman–Crippen MR) is 131 cm³/mol. The van der Waals surface area contributed by atoms with Gasteiger partial charge >= 0.3 is 5.69 Å². The summed E-state index contributed by atoms with van der Waals surface area (Å²) in [6, 6.07) is 13.4. The fourth-order valence-electron chi connectivity index (χ4n) is 4.15. The molecule has 2 aromatic carbocycles. The molecule has 3 aromatic rings. The van der Waals surface area contributed by atoms with E-state index in [1.165, 1.54) is 18.2 Å². The van der Waals surface area contributed by atoms with Crippen LogP contribution in [0.3, 0.4) is 0 Å². The van der Waals surface area contributed by atoms with Gasteiger partial charge in [-0.2, -0.15) is 9.37 Å². The maximum absolute atomic E-state index is 14.0. The minimum atomic E-state index is -1.02. The molecule has 1 N–H and O–H groups in total. The number of fused-ring (bicyclic) bond motifs is 1. The van der Waals surface area contributed by atoms with Crippen LogP contribution in [0.25, 0.3) is 5.57 Å². The lowest BCUT2D eigenvalue weighted by Gasteiger charge is -2.25. The number of anilines is 3. The Kier molecular flexibility index (Phi) is 5.87. The van der Waals surface area contributed by atoms with E-state index in [9.17, 15) is 19.3 Å². The lowest BCUT2D eigenvalue weighted by atomic mass is 10.0. The van der Waals surface area contributed by atoms with Gasteiger partial charge in [-0.25, -0.2) is 4.98 Å². The number of allylic oxidation sites excluding steroid dienone is 2. The number of aromatic nitrogens is 2. The number of nitrogens with one attached hydrogen (secondary N) is 1. The van der Waals surface area contributed by atoms with Gasteiger partial charge in [0.2, 0.25) is 18.2 Å². The molecule has 2 aliphatic rings. The number of hydrogen-bond acceptors (Lipinski definition) is 8. The molecule has 3 heterocycles. The molecule has 0 aliphatic carbocycles. The van der Waals surface area contributed by atoms with E-state index in [0.717, 1.165) is 41.1 Å². The van der Waals surface area contributed by atoms with Crippen molar-refractivity contribution in [3.8, 4) is 5.75 Å². The van der Waals surface area contributed by atoms with Gasteiger partial charge in [-0.3, -0.25) is 19.8 Å². The molecule has 2 aliphatic heterocycles. The van der Waals surface area contributed by atoms with Crippen LogP contribution in [0.4, 0.5) is 27.5 Å². The van der Waals surface area contributed by atoms with E-state index in [0.29, 0.717) is 12.4 Å². The minimum Gasteiger partial charge on any atom is -0.494 e. The molecule has 1 amide bonds. The molecule has 10 nitrogen and oxygen atoms in total. The predicted octanol–water partition coefficient (Wildman–Crippen LogP) is 4.38. The Morgan fingerprint density at radius 2 is 2.03 bits per heavy atom. The summed E-state index contributed by atoms with van der Waals surface area (Å²) in [6.07, 6.45) is 7.65. The molecular formula is C25H19FN6O4. The van der Waals surface area contributed by atoms with Gasteiger partial charge in [0.05, 0.1) is 35.7 Å². The van der Waals surface area contributed by atoms with Gasteiger partial charge in [0.1, 0.15) is 11.6 Å². The number of amides is 1. The molecule has 0 spiro atoms. The molecule has 0 saturated carbocycles. The third-order valence-corrected chi connectivity index (χ3v) is 5.76. The summed E-state index contributed by atoms with van der Waals surface area (Å²) < 4.78 is 19.2. The van der Waals surface area contributed by atoms with Crippen LogP contribution >= 0.6 is 0 Å². The second-order valence-electron chi connectivity index (χ2n) is 7.81. The third-order valence-electron chi connectivity index (χ3n) is 5.76. The molecule has 0 fully saturated rings. The summed E-state index contributed by atoms with van der Waals surface area (Å²) in [5.41, 5.74) is 2.88. The fraction of sp³-hybridized carbons (Fsp3) is 0.0800. The highest BCUT2D eigenvalue weighted by atomic mass is 19.1. The number of ether oxygens (including phenoxy) is 1. The van der Waals surface area contributed by atoms with Crippen LogP contribution in [0.15, 0.2) is 84.5 Å². The molecule has 11 heteroatoms. The molecule has 1 aromatic heterocycles. The smallest absolute Gasteiger partial charge is 0.307 e. The maximum Gasteiger partial charge on any atom is 0.307 e. The highest BCUT2D eigenvalue weighted by molar-refractivity contribution is 5.86. The number of carbonyl (C=O) groups is 1. The zero-order valence-corrected chi connectivity index (χ0v) is 19.0. The maximum atomic E-state index is 14.0. The Morgan fingerprint density at radius 1 is 1.22 bits per heavy atom. The second-order valence-corrected chi connectivity index (χ2v) is 7.81. The Bertz CT molecular complexity index is 1450. The van der Waals surface area contributed by atoms with Crippen molar-refractivity contribution < 1.29 is 18.8 Å². The van der Waals surface area contributed by atoms with Gasteiger partial charge in [-0.1, -0.05) is 30.3 Å². The molecule has 180 valence electrons. The topological polar surface area (TPSA) is 114 Å². The highest BCUT2D eigenvalue weighted by Crippen LogP contribution is 2.40. The summed E-state index contributed by atoms with van der Waals surface area (Å²) in [5, 5.41) is 14.1.